The van der Waals surface area contributed by atoms with Gasteiger partial charge in [-0.3, -0.25) is 9.59 Å². The average molecular weight is 295 g/mol. The molecule has 1 aromatic rings. The highest BCUT2D eigenvalue weighted by atomic mass is 16.5. The summed E-state index contributed by atoms with van der Waals surface area (Å²) in [6.07, 6.45) is 0.170. The first-order valence-corrected chi connectivity index (χ1v) is 6.65. The molecule has 6 heteroatoms. The molecular formula is C15H21NO5. The van der Waals surface area contributed by atoms with E-state index in [4.69, 9.17) is 9.47 Å². The number of rotatable bonds is 7. The molecule has 0 spiro atoms. The van der Waals surface area contributed by atoms with Gasteiger partial charge in [0, 0.05) is 18.7 Å². The maximum Gasteiger partial charge on any atom is 0.307 e. The first-order chi connectivity index (χ1) is 10.1. The third-order valence-electron chi connectivity index (χ3n) is 3.11. The number of carbonyl (C=O) groups is 2. The summed E-state index contributed by atoms with van der Waals surface area (Å²) in [6.45, 7) is 2.68. The Bertz CT molecular complexity index is 501. The van der Waals surface area contributed by atoms with E-state index in [-0.39, 0.29) is 18.3 Å². The van der Waals surface area contributed by atoms with Gasteiger partial charge in [0.1, 0.15) is 0 Å². The smallest absolute Gasteiger partial charge is 0.307 e. The van der Waals surface area contributed by atoms with Gasteiger partial charge >= 0.3 is 5.97 Å². The summed E-state index contributed by atoms with van der Waals surface area (Å²) >= 11 is 0. The van der Waals surface area contributed by atoms with Crippen LogP contribution in [0.25, 0.3) is 0 Å². The first-order valence-electron chi connectivity index (χ1n) is 6.65. The van der Waals surface area contributed by atoms with E-state index in [9.17, 15) is 9.59 Å². The fourth-order valence-electron chi connectivity index (χ4n) is 1.88. The molecule has 1 amide bonds. The SMILES string of the molecule is CCN(CCC(=O)OC)C(=O)c1ccc(OC)c(OC)c1. The molecule has 0 aliphatic rings. The summed E-state index contributed by atoms with van der Waals surface area (Å²) in [5.41, 5.74) is 0.486. The molecule has 0 aliphatic carbocycles. The average Bonchev–Trinajstić information content (AvgIpc) is 2.53. The van der Waals surface area contributed by atoms with Gasteiger partial charge in [-0.25, -0.2) is 0 Å². The van der Waals surface area contributed by atoms with Crippen molar-refractivity contribution in [2.45, 2.75) is 13.3 Å². The number of benzene rings is 1. The van der Waals surface area contributed by atoms with Crippen LogP contribution in [0, 0.1) is 0 Å². The van der Waals surface area contributed by atoms with Crippen molar-refractivity contribution in [2.24, 2.45) is 0 Å². The van der Waals surface area contributed by atoms with Crippen LogP contribution < -0.4 is 9.47 Å². The molecule has 1 aromatic carbocycles. The lowest BCUT2D eigenvalue weighted by molar-refractivity contribution is -0.140. The Kier molecular flexibility index (Phi) is 6.52. The fraction of sp³-hybridized carbons (Fsp3) is 0.467. The van der Waals surface area contributed by atoms with E-state index >= 15 is 0 Å². The maximum atomic E-state index is 12.4. The topological polar surface area (TPSA) is 65.1 Å². The van der Waals surface area contributed by atoms with Gasteiger partial charge in [0.15, 0.2) is 11.5 Å². The Morgan fingerprint density at radius 1 is 1.10 bits per heavy atom. The Balaban J connectivity index is 2.87. The van der Waals surface area contributed by atoms with E-state index < -0.39 is 0 Å². The van der Waals surface area contributed by atoms with Gasteiger partial charge in [-0.05, 0) is 25.1 Å². The summed E-state index contributed by atoms with van der Waals surface area (Å²) in [5, 5.41) is 0. The molecule has 6 nitrogen and oxygen atoms in total. The van der Waals surface area contributed by atoms with Gasteiger partial charge in [-0.15, -0.1) is 0 Å². The van der Waals surface area contributed by atoms with Gasteiger partial charge in [0.25, 0.3) is 5.91 Å². The normalized spacial score (nSPS) is 9.90. The minimum Gasteiger partial charge on any atom is -0.493 e. The first kappa shape index (κ1) is 16.8. The van der Waals surface area contributed by atoms with Crippen molar-refractivity contribution < 1.29 is 23.8 Å². The van der Waals surface area contributed by atoms with Gasteiger partial charge < -0.3 is 19.1 Å². The van der Waals surface area contributed by atoms with Crippen molar-refractivity contribution in [1.29, 1.82) is 0 Å². The van der Waals surface area contributed by atoms with Gasteiger partial charge in [-0.2, -0.15) is 0 Å². The summed E-state index contributed by atoms with van der Waals surface area (Å²) in [7, 11) is 4.38. The van der Waals surface area contributed by atoms with Crippen LogP contribution in [0.5, 0.6) is 11.5 Å². The van der Waals surface area contributed by atoms with Crippen LogP contribution in [-0.2, 0) is 9.53 Å². The quantitative estimate of drug-likeness (QED) is 0.717. The van der Waals surface area contributed by atoms with Crippen LogP contribution in [0.3, 0.4) is 0 Å². The van der Waals surface area contributed by atoms with Crippen molar-refractivity contribution >= 4 is 11.9 Å². The zero-order chi connectivity index (χ0) is 15.8. The van der Waals surface area contributed by atoms with Crippen LogP contribution in [0.1, 0.15) is 23.7 Å². The number of amides is 1. The van der Waals surface area contributed by atoms with Gasteiger partial charge in [-0.1, -0.05) is 0 Å². The highest BCUT2D eigenvalue weighted by molar-refractivity contribution is 5.95. The summed E-state index contributed by atoms with van der Waals surface area (Å²) < 4.78 is 14.9. The lowest BCUT2D eigenvalue weighted by Gasteiger charge is -2.21. The number of methoxy groups -OCH3 is 3. The molecular weight excluding hydrogens is 274 g/mol. The van der Waals surface area contributed by atoms with Crippen molar-refractivity contribution in [3.63, 3.8) is 0 Å². The van der Waals surface area contributed by atoms with E-state index in [1.807, 2.05) is 6.92 Å². The van der Waals surface area contributed by atoms with Crippen LogP contribution in [0.15, 0.2) is 18.2 Å². The molecule has 1 rings (SSSR count). The molecule has 0 bridgehead atoms. The second-order valence-electron chi connectivity index (χ2n) is 4.28. The second kappa shape index (κ2) is 8.14. The van der Waals surface area contributed by atoms with E-state index in [0.29, 0.717) is 30.2 Å². The molecule has 0 aromatic heterocycles. The van der Waals surface area contributed by atoms with Crippen LogP contribution in [0.2, 0.25) is 0 Å². The molecule has 21 heavy (non-hydrogen) atoms. The molecule has 0 saturated heterocycles. The van der Waals surface area contributed by atoms with Crippen LogP contribution >= 0.6 is 0 Å². The number of ether oxygens (including phenoxy) is 3. The zero-order valence-corrected chi connectivity index (χ0v) is 12.8. The molecule has 0 N–H and O–H groups in total. The minimum absolute atomic E-state index is 0.164. The highest BCUT2D eigenvalue weighted by Crippen LogP contribution is 2.28. The van der Waals surface area contributed by atoms with Crippen LogP contribution in [-0.4, -0.2) is 51.2 Å². The molecule has 0 heterocycles. The summed E-state index contributed by atoms with van der Waals surface area (Å²) in [6, 6.07) is 4.98. The third-order valence-corrected chi connectivity index (χ3v) is 3.11. The minimum atomic E-state index is -0.339. The monoisotopic (exact) mass is 295 g/mol. The van der Waals surface area contributed by atoms with E-state index in [2.05, 4.69) is 4.74 Å². The highest BCUT2D eigenvalue weighted by Gasteiger charge is 2.17. The third kappa shape index (κ3) is 4.37. The van der Waals surface area contributed by atoms with E-state index in [1.165, 1.54) is 21.3 Å². The predicted molar refractivity (Wildman–Crippen MR) is 77.8 cm³/mol. The second-order valence-corrected chi connectivity index (χ2v) is 4.28. The fourth-order valence-corrected chi connectivity index (χ4v) is 1.88. The molecule has 0 unspecified atom stereocenters. The molecule has 116 valence electrons. The Morgan fingerprint density at radius 2 is 1.76 bits per heavy atom. The number of hydrogen-bond acceptors (Lipinski definition) is 5. The lowest BCUT2D eigenvalue weighted by atomic mass is 10.1. The Morgan fingerprint density at radius 3 is 2.29 bits per heavy atom. The predicted octanol–water partition coefficient (Wildman–Crippen LogP) is 1.73. The molecule has 0 fully saturated rings. The Hall–Kier alpha value is -2.24. The molecule has 0 radical (unpaired) electrons. The van der Waals surface area contributed by atoms with Crippen LogP contribution in [0.4, 0.5) is 0 Å². The largest absolute Gasteiger partial charge is 0.493 e. The number of carbonyl (C=O) groups excluding carboxylic acids is 2. The van der Waals surface area contributed by atoms with E-state index in [1.54, 1.807) is 23.1 Å². The lowest BCUT2D eigenvalue weighted by Crippen LogP contribution is -2.33. The zero-order valence-electron chi connectivity index (χ0n) is 12.8. The van der Waals surface area contributed by atoms with Gasteiger partial charge in [0.05, 0.1) is 27.8 Å². The molecule has 0 atom stereocenters. The van der Waals surface area contributed by atoms with E-state index in [0.717, 1.165) is 0 Å². The molecule has 0 saturated carbocycles. The number of hydrogen-bond donors (Lipinski definition) is 0. The standard InChI is InChI=1S/C15H21NO5/c1-5-16(9-8-14(17)21-4)15(18)11-6-7-12(19-2)13(10-11)20-3/h6-7,10H,5,8-9H2,1-4H3. The summed E-state index contributed by atoms with van der Waals surface area (Å²) in [5.74, 6) is 0.551. The molecule has 0 aliphatic heterocycles. The number of nitrogens with zero attached hydrogens (tertiary/aromatic N) is 1. The maximum absolute atomic E-state index is 12.4. The summed E-state index contributed by atoms with van der Waals surface area (Å²) in [4.78, 5) is 25.2. The van der Waals surface area contributed by atoms with Crippen molar-refractivity contribution in [2.75, 3.05) is 34.4 Å². The van der Waals surface area contributed by atoms with Crippen molar-refractivity contribution in [3.05, 3.63) is 23.8 Å². The van der Waals surface area contributed by atoms with Crippen molar-refractivity contribution in [3.8, 4) is 11.5 Å². The van der Waals surface area contributed by atoms with Crippen molar-refractivity contribution in [1.82, 2.24) is 4.90 Å². The van der Waals surface area contributed by atoms with Gasteiger partial charge in [0.2, 0.25) is 0 Å². The number of esters is 1. The Labute approximate surface area is 124 Å².